The number of nitrogens with zero attached hydrogens (tertiary/aromatic N) is 3. The third-order valence-corrected chi connectivity index (χ3v) is 2.39. The predicted octanol–water partition coefficient (Wildman–Crippen LogP) is -1.89. The van der Waals surface area contributed by atoms with Crippen molar-refractivity contribution in [3.8, 4) is 0 Å². The van der Waals surface area contributed by atoms with Gasteiger partial charge in [-0.25, -0.2) is 0 Å². The van der Waals surface area contributed by atoms with Gasteiger partial charge in [-0.2, -0.15) is 0 Å². The highest BCUT2D eigenvalue weighted by atomic mass is 16.7. The maximum Gasteiger partial charge on any atom is 0.186 e. The van der Waals surface area contributed by atoms with Gasteiger partial charge in [0, 0.05) is 11.5 Å². The summed E-state index contributed by atoms with van der Waals surface area (Å²) in [5.41, 5.74) is 8.03. The van der Waals surface area contributed by atoms with Crippen LogP contribution in [-0.2, 0) is 9.47 Å². The SMILES string of the molecule is [N-]=[N+]=NCCO[C@@H]1O[C@H](CO)[C@@H](O)[C@H](O)[C@H]1O. The highest BCUT2D eigenvalue weighted by Gasteiger charge is 2.43. The number of azide groups is 1. The van der Waals surface area contributed by atoms with Crippen molar-refractivity contribution in [3.63, 3.8) is 0 Å². The zero-order chi connectivity index (χ0) is 12.8. The summed E-state index contributed by atoms with van der Waals surface area (Å²) in [6.07, 6.45) is -6.49. The first-order valence-electron chi connectivity index (χ1n) is 5.04. The normalized spacial score (nSPS) is 37.5. The van der Waals surface area contributed by atoms with Crippen LogP contribution in [0, 0.1) is 0 Å². The number of hydrogen-bond acceptors (Lipinski definition) is 7. The standard InChI is InChI=1S/C8H15N3O6/c9-11-10-1-2-16-8-7(15)6(14)5(13)4(3-12)17-8/h4-8,12-15H,1-3H2/t4-,5-,6+,7-,8-/m1/s1. The van der Waals surface area contributed by atoms with Crippen LogP contribution in [0.5, 0.6) is 0 Å². The lowest BCUT2D eigenvalue weighted by Crippen LogP contribution is -2.59. The van der Waals surface area contributed by atoms with E-state index in [2.05, 4.69) is 10.0 Å². The fourth-order valence-electron chi connectivity index (χ4n) is 1.46. The molecule has 0 unspecified atom stereocenters. The molecule has 1 rings (SSSR count). The molecule has 98 valence electrons. The van der Waals surface area contributed by atoms with E-state index in [-0.39, 0.29) is 13.2 Å². The van der Waals surface area contributed by atoms with E-state index >= 15 is 0 Å². The van der Waals surface area contributed by atoms with Gasteiger partial charge in [0.15, 0.2) is 6.29 Å². The lowest BCUT2D eigenvalue weighted by molar-refractivity contribution is -0.300. The molecule has 0 saturated carbocycles. The van der Waals surface area contributed by atoms with Crippen molar-refractivity contribution in [2.75, 3.05) is 19.8 Å². The molecule has 0 aromatic heterocycles. The topological polar surface area (TPSA) is 148 Å². The molecule has 1 aliphatic heterocycles. The molecule has 0 aromatic carbocycles. The summed E-state index contributed by atoms with van der Waals surface area (Å²) in [4.78, 5) is 2.51. The fraction of sp³-hybridized carbons (Fsp3) is 1.00. The number of aliphatic hydroxyl groups is 4. The Balaban J connectivity index is 2.50. The predicted molar refractivity (Wildman–Crippen MR) is 53.7 cm³/mol. The van der Waals surface area contributed by atoms with Crippen molar-refractivity contribution in [1.82, 2.24) is 0 Å². The number of aliphatic hydroxyl groups excluding tert-OH is 4. The van der Waals surface area contributed by atoms with Crippen LogP contribution in [0.1, 0.15) is 0 Å². The van der Waals surface area contributed by atoms with Gasteiger partial charge in [0.1, 0.15) is 24.4 Å². The lowest BCUT2D eigenvalue weighted by atomic mass is 9.99. The van der Waals surface area contributed by atoms with Gasteiger partial charge < -0.3 is 29.9 Å². The number of rotatable bonds is 5. The van der Waals surface area contributed by atoms with Gasteiger partial charge in [0.25, 0.3) is 0 Å². The minimum Gasteiger partial charge on any atom is -0.394 e. The van der Waals surface area contributed by atoms with Crippen molar-refractivity contribution in [3.05, 3.63) is 10.4 Å². The molecule has 17 heavy (non-hydrogen) atoms. The Morgan fingerprint density at radius 2 is 1.94 bits per heavy atom. The van der Waals surface area contributed by atoms with Gasteiger partial charge >= 0.3 is 0 Å². The zero-order valence-corrected chi connectivity index (χ0v) is 8.96. The van der Waals surface area contributed by atoms with E-state index in [1.165, 1.54) is 0 Å². The van der Waals surface area contributed by atoms with E-state index in [9.17, 15) is 15.3 Å². The molecule has 1 saturated heterocycles. The lowest BCUT2D eigenvalue weighted by Gasteiger charge is -2.39. The second-order valence-electron chi connectivity index (χ2n) is 3.52. The molecule has 1 fully saturated rings. The van der Waals surface area contributed by atoms with Crippen LogP contribution in [0.3, 0.4) is 0 Å². The number of ether oxygens (including phenoxy) is 2. The maximum absolute atomic E-state index is 9.53. The van der Waals surface area contributed by atoms with Gasteiger partial charge in [-0.3, -0.25) is 0 Å². The van der Waals surface area contributed by atoms with Gasteiger partial charge in [-0.1, -0.05) is 5.11 Å². The van der Waals surface area contributed by atoms with Gasteiger partial charge in [-0.05, 0) is 5.53 Å². The van der Waals surface area contributed by atoms with Gasteiger partial charge in [-0.15, -0.1) is 0 Å². The molecule has 4 N–H and O–H groups in total. The van der Waals surface area contributed by atoms with Gasteiger partial charge in [0.2, 0.25) is 0 Å². The van der Waals surface area contributed by atoms with Crippen LogP contribution in [0.4, 0.5) is 0 Å². The van der Waals surface area contributed by atoms with Crippen molar-refractivity contribution in [2.45, 2.75) is 30.7 Å². The molecule has 9 heteroatoms. The first-order valence-corrected chi connectivity index (χ1v) is 5.04. The summed E-state index contributed by atoms with van der Waals surface area (Å²) in [5, 5.41) is 40.5. The third-order valence-electron chi connectivity index (χ3n) is 2.39. The molecular weight excluding hydrogens is 234 g/mol. The highest BCUT2D eigenvalue weighted by molar-refractivity contribution is 4.88. The molecule has 0 spiro atoms. The molecule has 0 radical (unpaired) electrons. The zero-order valence-electron chi connectivity index (χ0n) is 8.96. The van der Waals surface area contributed by atoms with E-state index in [0.29, 0.717) is 0 Å². The summed E-state index contributed by atoms with van der Waals surface area (Å²) >= 11 is 0. The second kappa shape index (κ2) is 6.72. The Labute approximate surface area is 96.8 Å². The van der Waals surface area contributed by atoms with Crippen molar-refractivity contribution < 1.29 is 29.9 Å². The summed E-state index contributed by atoms with van der Waals surface area (Å²) in [7, 11) is 0. The summed E-state index contributed by atoms with van der Waals surface area (Å²) in [6, 6.07) is 0. The maximum atomic E-state index is 9.53. The third kappa shape index (κ3) is 3.51. The minimum absolute atomic E-state index is 0.00719. The van der Waals surface area contributed by atoms with Crippen LogP contribution in [0.15, 0.2) is 5.11 Å². The van der Waals surface area contributed by atoms with Crippen LogP contribution < -0.4 is 0 Å². The Kier molecular flexibility index (Phi) is 5.59. The Morgan fingerprint density at radius 1 is 1.24 bits per heavy atom. The van der Waals surface area contributed by atoms with E-state index in [1.54, 1.807) is 0 Å². The Morgan fingerprint density at radius 3 is 2.53 bits per heavy atom. The second-order valence-corrected chi connectivity index (χ2v) is 3.52. The molecule has 1 aliphatic rings. The molecule has 0 amide bonds. The smallest absolute Gasteiger partial charge is 0.186 e. The molecule has 0 aromatic rings. The first-order chi connectivity index (χ1) is 8.11. The van der Waals surface area contributed by atoms with Crippen LogP contribution in [0.25, 0.3) is 10.4 Å². The largest absolute Gasteiger partial charge is 0.394 e. The quantitative estimate of drug-likeness (QED) is 0.194. The van der Waals surface area contributed by atoms with Crippen molar-refractivity contribution in [2.24, 2.45) is 5.11 Å². The molecule has 0 bridgehead atoms. The molecule has 0 aliphatic carbocycles. The monoisotopic (exact) mass is 249 g/mol. The van der Waals surface area contributed by atoms with Crippen molar-refractivity contribution in [1.29, 1.82) is 0 Å². The first kappa shape index (κ1) is 14.1. The molecule has 5 atom stereocenters. The van der Waals surface area contributed by atoms with Crippen LogP contribution >= 0.6 is 0 Å². The van der Waals surface area contributed by atoms with Crippen molar-refractivity contribution >= 4 is 0 Å². The van der Waals surface area contributed by atoms with E-state index in [0.717, 1.165) is 0 Å². The van der Waals surface area contributed by atoms with Crippen LogP contribution in [0.2, 0.25) is 0 Å². The number of hydrogen-bond donors (Lipinski definition) is 4. The minimum atomic E-state index is -1.47. The van der Waals surface area contributed by atoms with Gasteiger partial charge in [0.05, 0.1) is 13.2 Å². The van der Waals surface area contributed by atoms with E-state index in [1.807, 2.05) is 0 Å². The molecule has 1 heterocycles. The van der Waals surface area contributed by atoms with Crippen LogP contribution in [-0.4, -0.2) is 70.9 Å². The summed E-state index contributed by atoms with van der Waals surface area (Å²) in [6.45, 7) is -0.473. The summed E-state index contributed by atoms with van der Waals surface area (Å²) < 4.78 is 10.1. The summed E-state index contributed by atoms with van der Waals surface area (Å²) in [5.74, 6) is 0. The Hall–Kier alpha value is -0.930. The molecule has 9 nitrogen and oxygen atoms in total. The van der Waals surface area contributed by atoms with E-state index in [4.69, 9.17) is 20.1 Å². The average Bonchev–Trinajstić information content (AvgIpc) is 2.34. The fourth-order valence-corrected chi connectivity index (χ4v) is 1.46. The molecular formula is C8H15N3O6. The average molecular weight is 249 g/mol. The Bertz CT molecular complexity index is 282. The van der Waals surface area contributed by atoms with E-state index < -0.39 is 37.3 Å². The highest BCUT2D eigenvalue weighted by Crippen LogP contribution is 2.21.